The molecule has 9 aromatic rings. The van der Waals surface area contributed by atoms with E-state index in [9.17, 15) is 0 Å². The first-order valence-corrected chi connectivity index (χ1v) is 16.1. The highest BCUT2D eigenvalue weighted by molar-refractivity contribution is 7.23. The van der Waals surface area contributed by atoms with E-state index in [1.54, 1.807) is 0 Å². The fourth-order valence-electron chi connectivity index (χ4n) is 6.25. The molecule has 46 heavy (non-hydrogen) atoms. The van der Waals surface area contributed by atoms with Crippen LogP contribution < -0.4 is 0 Å². The summed E-state index contributed by atoms with van der Waals surface area (Å²) < 4.78 is 3.69. The summed E-state index contributed by atoms with van der Waals surface area (Å²) in [4.78, 5) is 16.0. The Labute approximate surface area is 269 Å². The summed E-state index contributed by atoms with van der Waals surface area (Å²) >= 11 is 1.86. The van der Waals surface area contributed by atoms with Gasteiger partial charge in [-0.25, -0.2) is 15.0 Å². The van der Waals surface area contributed by atoms with E-state index >= 15 is 0 Å². The highest BCUT2D eigenvalue weighted by Gasteiger charge is 2.18. The van der Waals surface area contributed by atoms with Crippen molar-refractivity contribution >= 4 is 43.2 Å². The largest absolute Gasteiger partial charge is 0.308 e. The summed E-state index contributed by atoms with van der Waals surface area (Å²) in [7, 11) is 0. The zero-order valence-electron chi connectivity index (χ0n) is 24.7. The number of rotatable bonds is 5. The number of hydrogen-bond acceptors (Lipinski definition) is 4. The van der Waals surface area contributed by atoms with Crippen LogP contribution in [0.4, 0.5) is 0 Å². The molecule has 3 heterocycles. The lowest BCUT2D eigenvalue weighted by Crippen LogP contribution is -2.00. The van der Waals surface area contributed by atoms with E-state index in [4.69, 9.17) is 15.0 Å². The molecule has 6 aromatic carbocycles. The van der Waals surface area contributed by atoms with Gasteiger partial charge in [-0.1, -0.05) is 121 Å². The molecular formula is C41H26N4S. The van der Waals surface area contributed by atoms with Crippen LogP contribution in [-0.4, -0.2) is 19.5 Å². The Hall–Kier alpha value is -5.91. The first kappa shape index (κ1) is 26.5. The predicted octanol–water partition coefficient (Wildman–Crippen LogP) is 10.9. The van der Waals surface area contributed by atoms with E-state index in [2.05, 4.69) is 102 Å². The molecular weight excluding hydrogens is 581 g/mol. The van der Waals surface area contributed by atoms with Crippen LogP contribution in [0.2, 0.25) is 0 Å². The van der Waals surface area contributed by atoms with Crippen molar-refractivity contribution in [1.29, 1.82) is 0 Å². The summed E-state index contributed by atoms with van der Waals surface area (Å²) in [5, 5.41) is 3.76. The van der Waals surface area contributed by atoms with Gasteiger partial charge in [-0.3, -0.25) is 0 Å². The van der Waals surface area contributed by atoms with Gasteiger partial charge in [0.05, 0.1) is 15.7 Å². The zero-order valence-corrected chi connectivity index (χ0v) is 25.5. The lowest BCUT2D eigenvalue weighted by molar-refractivity contribution is 1.07. The fraction of sp³-hybridized carbons (Fsp3) is 0. The second-order valence-corrected chi connectivity index (χ2v) is 12.3. The van der Waals surface area contributed by atoms with Crippen LogP contribution in [0.25, 0.3) is 82.2 Å². The fourth-order valence-corrected chi connectivity index (χ4v) is 7.46. The summed E-state index contributed by atoms with van der Waals surface area (Å²) in [6.45, 7) is 0. The molecule has 0 aliphatic carbocycles. The van der Waals surface area contributed by atoms with E-state index in [-0.39, 0.29) is 0 Å². The second-order valence-electron chi connectivity index (χ2n) is 11.3. The van der Waals surface area contributed by atoms with Crippen molar-refractivity contribution in [1.82, 2.24) is 19.5 Å². The maximum absolute atomic E-state index is 4.94. The smallest absolute Gasteiger partial charge is 0.164 e. The molecule has 5 heteroatoms. The predicted molar refractivity (Wildman–Crippen MR) is 191 cm³/mol. The molecule has 0 unspecified atom stereocenters. The van der Waals surface area contributed by atoms with Crippen LogP contribution in [0.15, 0.2) is 158 Å². The van der Waals surface area contributed by atoms with Crippen molar-refractivity contribution < 1.29 is 0 Å². The topological polar surface area (TPSA) is 43.6 Å². The van der Waals surface area contributed by atoms with E-state index in [1.165, 1.54) is 42.3 Å². The van der Waals surface area contributed by atoms with Crippen molar-refractivity contribution in [2.75, 3.05) is 0 Å². The molecule has 4 nitrogen and oxygen atoms in total. The van der Waals surface area contributed by atoms with Gasteiger partial charge >= 0.3 is 0 Å². The van der Waals surface area contributed by atoms with Crippen LogP contribution >= 0.6 is 11.3 Å². The van der Waals surface area contributed by atoms with Gasteiger partial charge in [0.1, 0.15) is 0 Å². The maximum atomic E-state index is 4.94. The molecule has 0 aliphatic heterocycles. The Morgan fingerprint density at radius 1 is 0.435 bits per heavy atom. The standard InChI is InChI=1S/C41H26N4S/c1-4-12-27(13-5-1)36-26-31-22-25-34-33-18-10-11-19-35(33)45(37(34)38(31)46-36)32-23-20-30(21-24-32)41-43-39(28-14-6-2-7-15-28)42-40(44-41)29-16-8-3-9-17-29/h1-26H. The number of para-hydroxylation sites is 1. The minimum Gasteiger partial charge on any atom is -0.308 e. The Morgan fingerprint density at radius 3 is 1.57 bits per heavy atom. The SMILES string of the molecule is c1ccc(-c2nc(-c3ccccc3)nc(-c3ccc(-n4c5ccccc5c5ccc6cc(-c7ccccc7)sc6c54)cc3)n2)cc1. The zero-order chi connectivity index (χ0) is 30.5. The van der Waals surface area contributed by atoms with Crippen LogP contribution in [0, 0.1) is 0 Å². The second kappa shape index (κ2) is 10.9. The monoisotopic (exact) mass is 606 g/mol. The molecule has 3 aromatic heterocycles. The summed E-state index contributed by atoms with van der Waals surface area (Å²) in [5.41, 5.74) is 7.61. The Bertz CT molecular complexity index is 2440. The van der Waals surface area contributed by atoms with Gasteiger partial charge in [-0.2, -0.15) is 0 Å². The van der Waals surface area contributed by atoms with E-state index < -0.39 is 0 Å². The Morgan fingerprint density at radius 2 is 0.957 bits per heavy atom. The highest BCUT2D eigenvalue weighted by atomic mass is 32.1. The van der Waals surface area contributed by atoms with Crippen LogP contribution in [-0.2, 0) is 0 Å². The highest BCUT2D eigenvalue weighted by Crippen LogP contribution is 2.42. The Balaban J connectivity index is 1.21. The molecule has 0 saturated heterocycles. The van der Waals surface area contributed by atoms with Crippen molar-refractivity contribution in [3.8, 4) is 50.3 Å². The lowest BCUT2D eigenvalue weighted by atomic mass is 10.1. The van der Waals surface area contributed by atoms with E-state index in [0.717, 1.165) is 22.4 Å². The minimum absolute atomic E-state index is 0.648. The van der Waals surface area contributed by atoms with Crippen molar-refractivity contribution in [3.05, 3.63) is 158 Å². The number of thiophene rings is 1. The molecule has 0 radical (unpaired) electrons. The molecule has 0 saturated carbocycles. The number of nitrogens with zero attached hydrogens (tertiary/aromatic N) is 4. The molecule has 0 atom stereocenters. The number of fused-ring (bicyclic) bond motifs is 5. The van der Waals surface area contributed by atoms with Gasteiger partial charge < -0.3 is 4.57 Å². The van der Waals surface area contributed by atoms with Crippen molar-refractivity contribution in [3.63, 3.8) is 0 Å². The van der Waals surface area contributed by atoms with E-state index in [1.807, 2.05) is 72.0 Å². The third-order valence-electron chi connectivity index (χ3n) is 8.46. The number of hydrogen-bond donors (Lipinski definition) is 0. The van der Waals surface area contributed by atoms with Crippen molar-refractivity contribution in [2.45, 2.75) is 0 Å². The maximum Gasteiger partial charge on any atom is 0.164 e. The Kier molecular flexibility index (Phi) is 6.28. The molecule has 0 bridgehead atoms. The van der Waals surface area contributed by atoms with Crippen LogP contribution in [0.3, 0.4) is 0 Å². The normalized spacial score (nSPS) is 11.5. The van der Waals surface area contributed by atoms with Gasteiger partial charge in [-0.05, 0) is 47.3 Å². The molecule has 9 rings (SSSR count). The average molecular weight is 607 g/mol. The van der Waals surface area contributed by atoms with Gasteiger partial charge in [0, 0.05) is 38.0 Å². The molecule has 0 aliphatic rings. The summed E-state index contributed by atoms with van der Waals surface area (Å²) in [6, 6.07) is 55.0. The molecule has 0 spiro atoms. The third kappa shape index (κ3) is 4.48. The minimum atomic E-state index is 0.648. The molecule has 216 valence electrons. The van der Waals surface area contributed by atoms with Gasteiger partial charge in [0.2, 0.25) is 0 Å². The first-order chi connectivity index (χ1) is 22.8. The number of aromatic nitrogens is 4. The third-order valence-corrected chi connectivity index (χ3v) is 9.67. The first-order valence-electron chi connectivity index (χ1n) is 15.3. The van der Waals surface area contributed by atoms with Crippen LogP contribution in [0.1, 0.15) is 0 Å². The molecule has 0 N–H and O–H groups in total. The lowest BCUT2D eigenvalue weighted by Gasteiger charge is -2.11. The quantitative estimate of drug-likeness (QED) is 0.196. The summed E-state index contributed by atoms with van der Waals surface area (Å²) in [5.74, 6) is 1.96. The summed E-state index contributed by atoms with van der Waals surface area (Å²) in [6.07, 6.45) is 0. The van der Waals surface area contributed by atoms with Crippen molar-refractivity contribution in [2.24, 2.45) is 0 Å². The van der Waals surface area contributed by atoms with Gasteiger partial charge in [-0.15, -0.1) is 11.3 Å². The number of benzene rings is 6. The molecule has 0 amide bonds. The van der Waals surface area contributed by atoms with Crippen LogP contribution in [0.5, 0.6) is 0 Å². The van der Waals surface area contributed by atoms with Gasteiger partial charge in [0.15, 0.2) is 17.5 Å². The van der Waals surface area contributed by atoms with Gasteiger partial charge in [0.25, 0.3) is 0 Å². The molecule has 0 fully saturated rings. The average Bonchev–Trinajstić information content (AvgIpc) is 3.73. The van der Waals surface area contributed by atoms with E-state index in [0.29, 0.717) is 17.5 Å².